The second-order valence-corrected chi connectivity index (χ2v) is 6.32. The normalized spacial score (nSPS) is 22.2. The summed E-state index contributed by atoms with van der Waals surface area (Å²) < 4.78 is 0. The third-order valence-electron chi connectivity index (χ3n) is 3.18. The zero-order valence-electron chi connectivity index (χ0n) is 10.6. The predicted octanol–water partition coefficient (Wildman–Crippen LogP) is 2.93. The van der Waals surface area contributed by atoms with Gasteiger partial charge in [-0.15, -0.1) is 0 Å². The molecular formula is C13H15ClN2O2S. The number of carbonyl (C=O) groups excluding carboxylic acids is 2. The van der Waals surface area contributed by atoms with E-state index in [0.717, 1.165) is 5.75 Å². The summed E-state index contributed by atoms with van der Waals surface area (Å²) in [4.78, 5) is 26.7. The average molecular weight is 299 g/mol. The van der Waals surface area contributed by atoms with Gasteiger partial charge in [0.1, 0.15) is 5.82 Å². The van der Waals surface area contributed by atoms with Crippen LogP contribution in [-0.4, -0.2) is 27.1 Å². The number of hydrogen-bond acceptors (Lipinski definition) is 4. The van der Waals surface area contributed by atoms with Gasteiger partial charge in [0.25, 0.3) is 5.24 Å². The third kappa shape index (κ3) is 3.94. The molecule has 4 nitrogen and oxygen atoms in total. The lowest BCUT2D eigenvalue weighted by Crippen LogP contribution is -2.20. The van der Waals surface area contributed by atoms with Crippen molar-refractivity contribution in [2.75, 3.05) is 11.1 Å². The maximum atomic E-state index is 11.9. The number of pyridine rings is 1. The molecule has 19 heavy (non-hydrogen) atoms. The van der Waals surface area contributed by atoms with Crippen molar-refractivity contribution in [1.29, 1.82) is 0 Å². The summed E-state index contributed by atoms with van der Waals surface area (Å²) in [7, 11) is 0. The Morgan fingerprint density at radius 3 is 2.84 bits per heavy atom. The first-order valence-corrected chi connectivity index (χ1v) is 7.56. The van der Waals surface area contributed by atoms with Gasteiger partial charge in [-0.3, -0.25) is 9.59 Å². The number of amides is 1. The highest BCUT2D eigenvalue weighted by Crippen LogP contribution is 2.34. The van der Waals surface area contributed by atoms with E-state index in [1.807, 2.05) is 11.8 Å². The van der Waals surface area contributed by atoms with E-state index in [1.54, 1.807) is 12.1 Å². The lowest BCUT2D eigenvalue weighted by molar-refractivity contribution is -0.116. The average Bonchev–Trinajstić information content (AvgIpc) is 2.75. The lowest BCUT2D eigenvalue weighted by atomic mass is 10.0. The highest BCUT2D eigenvalue weighted by molar-refractivity contribution is 8.00. The van der Waals surface area contributed by atoms with Gasteiger partial charge in [-0.05, 0) is 41.8 Å². The van der Waals surface area contributed by atoms with Crippen LogP contribution in [0.2, 0.25) is 0 Å². The van der Waals surface area contributed by atoms with Crippen LogP contribution in [0.5, 0.6) is 0 Å². The molecule has 0 radical (unpaired) electrons. The van der Waals surface area contributed by atoms with Crippen LogP contribution in [0.4, 0.5) is 5.82 Å². The summed E-state index contributed by atoms with van der Waals surface area (Å²) in [5, 5.41) is 2.58. The van der Waals surface area contributed by atoms with Crippen LogP contribution < -0.4 is 5.32 Å². The molecule has 2 heterocycles. The molecule has 1 aromatic heterocycles. The highest BCUT2D eigenvalue weighted by Gasteiger charge is 2.26. The Morgan fingerprint density at radius 1 is 1.53 bits per heavy atom. The van der Waals surface area contributed by atoms with Crippen molar-refractivity contribution in [3.63, 3.8) is 0 Å². The Kier molecular flexibility index (Phi) is 4.82. The minimum atomic E-state index is -0.554. The largest absolute Gasteiger partial charge is 0.311 e. The van der Waals surface area contributed by atoms with E-state index >= 15 is 0 Å². The van der Waals surface area contributed by atoms with Gasteiger partial charge in [0.15, 0.2) is 0 Å². The number of nitrogens with one attached hydrogen (secondary N) is 1. The first kappa shape index (κ1) is 14.3. The summed E-state index contributed by atoms with van der Waals surface area (Å²) in [6.07, 6.45) is 3.04. The van der Waals surface area contributed by atoms with Gasteiger partial charge in [-0.25, -0.2) is 4.98 Å². The van der Waals surface area contributed by atoms with Crippen molar-refractivity contribution >= 4 is 40.3 Å². The summed E-state index contributed by atoms with van der Waals surface area (Å²) >= 11 is 7.17. The van der Waals surface area contributed by atoms with Crippen molar-refractivity contribution in [2.45, 2.75) is 25.0 Å². The molecule has 0 bridgehead atoms. The van der Waals surface area contributed by atoms with E-state index < -0.39 is 5.24 Å². The fourth-order valence-corrected chi connectivity index (χ4v) is 3.63. The van der Waals surface area contributed by atoms with Crippen molar-refractivity contribution in [3.05, 3.63) is 23.9 Å². The fourth-order valence-electron chi connectivity index (χ4n) is 1.98. The Balaban J connectivity index is 1.89. The molecule has 1 saturated heterocycles. The van der Waals surface area contributed by atoms with E-state index in [1.165, 1.54) is 12.6 Å². The van der Waals surface area contributed by atoms with Gasteiger partial charge in [0.05, 0.1) is 5.56 Å². The molecule has 2 atom stereocenters. The Morgan fingerprint density at radius 2 is 2.32 bits per heavy atom. The zero-order valence-corrected chi connectivity index (χ0v) is 12.1. The predicted molar refractivity (Wildman–Crippen MR) is 77.7 cm³/mol. The van der Waals surface area contributed by atoms with Gasteiger partial charge in [-0.2, -0.15) is 11.8 Å². The monoisotopic (exact) mass is 298 g/mol. The molecule has 0 aromatic carbocycles. The van der Waals surface area contributed by atoms with Crippen LogP contribution in [0.3, 0.4) is 0 Å². The first-order chi connectivity index (χ1) is 9.06. The quantitative estimate of drug-likeness (QED) is 0.868. The number of thioether (sulfide) groups is 1. The Hall–Kier alpha value is -1.07. The molecular weight excluding hydrogens is 284 g/mol. The van der Waals surface area contributed by atoms with Crippen LogP contribution in [0.15, 0.2) is 18.3 Å². The standard InChI is InChI=1S/C13H15ClN2O2S/c1-8-4-5-19-10(8)6-12(17)16-11-3-2-9(7-15-11)13(14)18/h2-3,7-8,10H,4-6H2,1H3,(H,15,16,17). The number of hydrogen-bond donors (Lipinski definition) is 1. The summed E-state index contributed by atoms with van der Waals surface area (Å²) in [5.41, 5.74) is 0.319. The molecule has 6 heteroatoms. The lowest BCUT2D eigenvalue weighted by Gasteiger charge is -2.13. The molecule has 1 N–H and O–H groups in total. The van der Waals surface area contributed by atoms with Gasteiger partial charge in [-0.1, -0.05) is 6.92 Å². The van der Waals surface area contributed by atoms with E-state index in [9.17, 15) is 9.59 Å². The summed E-state index contributed by atoms with van der Waals surface area (Å²) in [5.74, 6) is 2.12. The Labute approximate surface area is 121 Å². The molecule has 2 rings (SSSR count). The molecule has 1 aliphatic heterocycles. The highest BCUT2D eigenvalue weighted by atomic mass is 35.5. The minimum absolute atomic E-state index is 0.0382. The van der Waals surface area contributed by atoms with E-state index in [-0.39, 0.29) is 5.91 Å². The topological polar surface area (TPSA) is 59.1 Å². The van der Waals surface area contributed by atoms with E-state index in [4.69, 9.17) is 11.6 Å². The summed E-state index contributed by atoms with van der Waals surface area (Å²) in [6, 6.07) is 3.13. The number of nitrogens with zero attached hydrogens (tertiary/aromatic N) is 1. The maximum Gasteiger partial charge on any atom is 0.253 e. The molecule has 0 spiro atoms. The molecule has 0 saturated carbocycles. The van der Waals surface area contributed by atoms with Gasteiger partial charge in [0.2, 0.25) is 5.91 Å². The number of carbonyl (C=O) groups is 2. The molecule has 1 fully saturated rings. The van der Waals surface area contributed by atoms with Gasteiger partial charge < -0.3 is 5.32 Å². The third-order valence-corrected chi connectivity index (χ3v) is 4.93. The number of halogens is 1. The number of anilines is 1. The minimum Gasteiger partial charge on any atom is -0.311 e. The van der Waals surface area contributed by atoms with Crippen LogP contribution in [-0.2, 0) is 4.79 Å². The fraction of sp³-hybridized carbons (Fsp3) is 0.462. The van der Waals surface area contributed by atoms with Gasteiger partial charge >= 0.3 is 0 Å². The smallest absolute Gasteiger partial charge is 0.253 e. The second kappa shape index (κ2) is 6.39. The zero-order chi connectivity index (χ0) is 13.8. The van der Waals surface area contributed by atoms with E-state index in [0.29, 0.717) is 29.0 Å². The van der Waals surface area contributed by atoms with E-state index in [2.05, 4.69) is 17.2 Å². The maximum absolute atomic E-state index is 11.9. The van der Waals surface area contributed by atoms with Gasteiger partial charge in [0, 0.05) is 17.9 Å². The molecule has 1 aliphatic rings. The number of aromatic nitrogens is 1. The first-order valence-electron chi connectivity index (χ1n) is 6.13. The van der Waals surface area contributed by atoms with Crippen molar-refractivity contribution < 1.29 is 9.59 Å². The van der Waals surface area contributed by atoms with Crippen molar-refractivity contribution in [2.24, 2.45) is 5.92 Å². The Bertz CT molecular complexity index is 478. The molecule has 1 amide bonds. The molecule has 1 aromatic rings. The molecule has 102 valence electrons. The summed E-state index contributed by atoms with van der Waals surface area (Å²) in [6.45, 7) is 2.18. The van der Waals surface area contributed by atoms with Crippen LogP contribution in [0, 0.1) is 5.92 Å². The van der Waals surface area contributed by atoms with Crippen LogP contribution >= 0.6 is 23.4 Å². The van der Waals surface area contributed by atoms with Crippen molar-refractivity contribution in [1.82, 2.24) is 4.98 Å². The second-order valence-electron chi connectivity index (χ2n) is 4.63. The SMILES string of the molecule is CC1CCSC1CC(=O)Nc1ccc(C(=O)Cl)cn1. The van der Waals surface area contributed by atoms with Crippen LogP contribution in [0.25, 0.3) is 0 Å². The molecule has 0 aliphatic carbocycles. The van der Waals surface area contributed by atoms with Crippen LogP contribution in [0.1, 0.15) is 30.1 Å². The molecule has 2 unspecified atom stereocenters. The number of rotatable bonds is 4. The van der Waals surface area contributed by atoms with Crippen molar-refractivity contribution in [3.8, 4) is 0 Å².